The Morgan fingerprint density at radius 1 is 1.17 bits per heavy atom. The van der Waals surface area contributed by atoms with Crippen molar-refractivity contribution in [3.05, 3.63) is 18.5 Å². The minimum atomic E-state index is -3.35. The second-order valence-electron chi connectivity index (χ2n) is 6.45. The number of carbonyl (C=O) groups is 1. The zero-order valence-electron chi connectivity index (χ0n) is 13.5. The van der Waals surface area contributed by atoms with E-state index in [1.165, 1.54) is 10.6 Å². The lowest BCUT2D eigenvalue weighted by Crippen LogP contribution is -2.54. The summed E-state index contributed by atoms with van der Waals surface area (Å²) in [5.74, 6) is -0.0491. The molecule has 0 saturated carbocycles. The number of likely N-dealkylation sites (tertiary alicyclic amines) is 1. The summed E-state index contributed by atoms with van der Waals surface area (Å²) in [6.45, 7) is 1.75. The first-order valence-electron chi connectivity index (χ1n) is 8.21. The van der Waals surface area contributed by atoms with Crippen molar-refractivity contribution in [2.24, 2.45) is 0 Å². The van der Waals surface area contributed by atoms with E-state index in [0.29, 0.717) is 26.1 Å². The average molecular weight is 340 g/mol. The molecular weight excluding hydrogens is 316 g/mol. The van der Waals surface area contributed by atoms with Crippen molar-refractivity contribution in [3.8, 4) is 0 Å². The lowest BCUT2D eigenvalue weighted by Gasteiger charge is -2.39. The zero-order valence-corrected chi connectivity index (χ0v) is 14.3. The number of piperidine rings is 2. The Hall–Kier alpha value is -1.41. The van der Waals surface area contributed by atoms with Gasteiger partial charge in [-0.3, -0.25) is 9.48 Å². The third kappa shape index (κ3) is 3.58. The summed E-state index contributed by atoms with van der Waals surface area (Å²) in [6.07, 6.45) is 9.12. The van der Waals surface area contributed by atoms with Gasteiger partial charge in [0.15, 0.2) is 0 Å². The van der Waals surface area contributed by atoms with Gasteiger partial charge in [-0.2, -0.15) is 9.40 Å². The van der Waals surface area contributed by atoms with E-state index in [1.807, 2.05) is 21.8 Å². The highest BCUT2D eigenvalue weighted by atomic mass is 32.2. The van der Waals surface area contributed by atoms with Crippen molar-refractivity contribution in [1.29, 1.82) is 0 Å². The van der Waals surface area contributed by atoms with Crippen LogP contribution in [0, 0.1) is 0 Å². The molecule has 3 rings (SSSR count). The van der Waals surface area contributed by atoms with Crippen LogP contribution in [-0.4, -0.2) is 65.2 Å². The molecule has 7 nitrogen and oxygen atoms in total. The molecule has 2 saturated heterocycles. The first-order valence-corrected chi connectivity index (χ1v) is 10.1. The molecule has 23 heavy (non-hydrogen) atoms. The molecule has 2 aliphatic rings. The van der Waals surface area contributed by atoms with Crippen LogP contribution >= 0.6 is 0 Å². The SMILES string of the molecule is CS(=O)(=O)N1CCCC[C@H]1C(=O)N1CCC[C@@H](n2cccn2)C1. The van der Waals surface area contributed by atoms with E-state index in [1.54, 1.807) is 6.20 Å². The molecule has 2 atom stereocenters. The fourth-order valence-electron chi connectivity index (χ4n) is 3.63. The standard InChI is InChI=1S/C15H24N4O3S/c1-23(21,22)19-11-3-2-7-14(19)15(20)17-9-4-6-13(12-17)18-10-5-8-16-18/h5,8,10,13-14H,2-4,6-7,9,11-12H2,1H3/t13-,14+/m1/s1. The van der Waals surface area contributed by atoms with E-state index >= 15 is 0 Å². The second-order valence-corrected chi connectivity index (χ2v) is 8.39. The van der Waals surface area contributed by atoms with E-state index in [0.717, 1.165) is 25.7 Å². The Kier molecular flexibility index (Phi) is 4.72. The van der Waals surface area contributed by atoms with Gasteiger partial charge in [0.25, 0.3) is 0 Å². The van der Waals surface area contributed by atoms with Gasteiger partial charge in [0, 0.05) is 32.0 Å². The molecule has 8 heteroatoms. The molecule has 1 amide bonds. The lowest BCUT2D eigenvalue weighted by molar-refractivity contribution is -0.138. The summed E-state index contributed by atoms with van der Waals surface area (Å²) in [5.41, 5.74) is 0. The summed E-state index contributed by atoms with van der Waals surface area (Å²) in [4.78, 5) is 14.7. The van der Waals surface area contributed by atoms with Gasteiger partial charge in [-0.05, 0) is 31.7 Å². The number of sulfonamides is 1. The van der Waals surface area contributed by atoms with Gasteiger partial charge in [0.1, 0.15) is 6.04 Å². The van der Waals surface area contributed by atoms with Crippen LogP contribution in [0.4, 0.5) is 0 Å². The van der Waals surface area contributed by atoms with Crippen LogP contribution in [0.2, 0.25) is 0 Å². The lowest BCUT2D eigenvalue weighted by atomic mass is 10.0. The molecule has 0 bridgehead atoms. The first kappa shape index (κ1) is 16.4. The summed E-state index contributed by atoms with van der Waals surface area (Å²) in [5, 5.41) is 4.27. The smallest absolute Gasteiger partial charge is 0.241 e. The van der Waals surface area contributed by atoms with E-state index in [4.69, 9.17) is 0 Å². The van der Waals surface area contributed by atoms with Crippen LogP contribution in [0.3, 0.4) is 0 Å². The maximum atomic E-state index is 12.9. The maximum absolute atomic E-state index is 12.9. The predicted octanol–water partition coefficient (Wildman–Crippen LogP) is 0.861. The first-order chi connectivity index (χ1) is 11.0. The Morgan fingerprint density at radius 3 is 2.70 bits per heavy atom. The van der Waals surface area contributed by atoms with Crippen LogP contribution in [0.5, 0.6) is 0 Å². The maximum Gasteiger partial charge on any atom is 0.241 e. The average Bonchev–Trinajstić information content (AvgIpc) is 3.08. The van der Waals surface area contributed by atoms with Crippen LogP contribution in [0.15, 0.2) is 18.5 Å². The number of carbonyl (C=O) groups excluding carboxylic acids is 1. The molecule has 2 aliphatic heterocycles. The molecule has 2 fully saturated rings. The van der Waals surface area contributed by atoms with Crippen LogP contribution < -0.4 is 0 Å². The van der Waals surface area contributed by atoms with Gasteiger partial charge in [-0.15, -0.1) is 0 Å². The quantitative estimate of drug-likeness (QED) is 0.818. The second kappa shape index (κ2) is 6.60. The summed E-state index contributed by atoms with van der Waals surface area (Å²) >= 11 is 0. The molecule has 0 aliphatic carbocycles. The Balaban J connectivity index is 1.73. The zero-order chi connectivity index (χ0) is 16.4. The molecule has 0 spiro atoms. The van der Waals surface area contributed by atoms with E-state index in [-0.39, 0.29) is 11.9 Å². The number of hydrogen-bond acceptors (Lipinski definition) is 4. The third-order valence-corrected chi connectivity index (χ3v) is 6.06. The number of hydrogen-bond donors (Lipinski definition) is 0. The molecule has 0 N–H and O–H groups in total. The number of nitrogens with zero attached hydrogens (tertiary/aromatic N) is 4. The third-order valence-electron chi connectivity index (χ3n) is 4.77. The molecule has 0 radical (unpaired) electrons. The van der Waals surface area contributed by atoms with Crippen LogP contribution in [0.1, 0.15) is 38.1 Å². The molecule has 0 unspecified atom stereocenters. The number of amides is 1. The molecule has 1 aromatic heterocycles. The summed E-state index contributed by atoms with van der Waals surface area (Å²) in [6, 6.07) is 1.53. The topological polar surface area (TPSA) is 75.5 Å². The van der Waals surface area contributed by atoms with Crippen molar-refractivity contribution >= 4 is 15.9 Å². The molecular formula is C15H24N4O3S. The van der Waals surface area contributed by atoms with Gasteiger partial charge in [0.05, 0.1) is 12.3 Å². The van der Waals surface area contributed by atoms with E-state index in [2.05, 4.69) is 5.10 Å². The van der Waals surface area contributed by atoms with Crippen molar-refractivity contribution in [2.45, 2.75) is 44.2 Å². The highest BCUT2D eigenvalue weighted by Crippen LogP contribution is 2.26. The monoisotopic (exact) mass is 340 g/mol. The summed E-state index contributed by atoms with van der Waals surface area (Å²) in [7, 11) is -3.35. The van der Waals surface area contributed by atoms with Crippen LogP contribution in [-0.2, 0) is 14.8 Å². The van der Waals surface area contributed by atoms with Gasteiger partial charge in [0.2, 0.25) is 15.9 Å². The van der Waals surface area contributed by atoms with Crippen molar-refractivity contribution in [2.75, 3.05) is 25.9 Å². The van der Waals surface area contributed by atoms with Crippen molar-refractivity contribution < 1.29 is 13.2 Å². The van der Waals surface area contributed by atoms with Gasteiger partial charge in [-0.25, -0.2) is 8.42 Å². The van der Waals surface area contributed by atoms with Crippen molar-refractivity contribution in [1.82, 2.24) is 19.0 Å². The fourth-order valence-corrected chi connectivity index (χ4v) is 4.75. The van der Waals surface area contributed by atoms with E-state index in [9.17, 15) is 13.2 Å². The normalized spacial score (nSPS) is 27.1. The Bertz CT molecular complexity index is 644. The minimum absolute atomic E-state index is 0.0491. The molecule has 3 heterocycles. The predicted molar refractivity (Wildman–Crippen MR) is 86.3 cm³/mol. The Morgan fingerprint density at radius 2 is 2.00 bits per heavy atom. The molecule has 128 valence electrons. The highest BCUT2D eigenvalue weighted by Gasteiger charge is 2.38. The largest absolute Gasteiger partial charge is 0.339 e. The number of aromatic nitrogens is 2. The highest BCUT2D eigenvalue weighted by molar-refractivity contribution is 7.88. The summed E-state index contributed by atoms with van der Waals surface area (Å²) < 4.78 is 27.2. The van der Waals surface area contributed by atoms with E-state index < -0.39 is 16.1 Å². The minimum Gasteiger partial charge on any atom is -0.339 e. The van der Waals surface area contributed by atoms with Gasteiger partial charge in [-0.1, -0.05) is 6.42 Å². The Labute approximate surface area is 137 Å². The van der Waals surface area contributed by atoms with Gasteiger partial charge >= 0.3 is 0 Å². The van der Waals surface area contributed by atoms with Gasteiger partial charge < -0.3 is 4.90 Å². The molecule has 0 aromatic carbocycles. The van der Waals surface area contributed by atoms with Crippen molar-refractivity contribution in [3.63, 3.8) is 0 Å². The van der Waals surface area contributed by atoms with Crippen LogP contribution in [0.25, 0.3) is 0 Å². The molecule has 1 aromatic rings. The number of rotatable bonds is 3. The fraction of sp³-hybridized carbons (Fsp3) is 0.733.